The van der Waals surface area contributed by atoms with E-state index in [2.05, 4.69) is 18.6 Å². The molecule has 0 atom stereocenters. The zero-order valence-electron chi connectivity index (χ0n) is 7.68. The Morgan fingerprint density at radius 1 is 1.55 bits per heavy atom. The van der Waals surface area contributed by atoms with Crippen LogP contribution in [0.2, 0.25) is 0 Å². The molecule has 0 radical (unpaired) electrons. The predicted molar refractivity (Wildman–Crippen MR) is 45.2 cm³/mol. The minimum atomic E-state index is -0.207. The topological polar surface area (TPSA) is 26.3 Å². The molecule has 0 aromatic carbocycles. The first kappa shape index (κ1) is 10.2. The lowest BCUT2D eigenvalue weighted by molar-refractivity contribution is -0.136. The van der Waals surface area contributed by atoms with Crippen LogP contribution in [0.25, 0.3) is 0 Å². The molecule has 0 heterocycles. The third kappa shape index (κ3) is 3.81. The van der Waals surface area contributed by atoms with Crippen LogP contribution in [-0.4, -0.2) is 13.1 Å². The van der Waals surface area contributed by atoms with Gasteiger partial charge in [-0.15, -0.1) is 0 Å². The lowest BCUT2D eigenvalue weighted by atomic mass is 10.0. The molecule has 0 unspecified atom stereocenters. The largest absolute Gasteiger partial charge is 0.466 e. The van der Waals surface area contributed by atoms with Gasteiger partial charge in [-0.05, 0) is 19.3 Å². The molecule has 0 bridgehead atoms. The van der Waals surface area contributed by atoms with Crippen molar-refractivity contribution in [3.63, 3.8) is 0 Å². The van der Waals surface area contributed by atoms with E-state index in [1.807, 2.05) is 13.0 Å². The van der Waals surface area contributed by atoms with Crippen LogP contribution in [0.4, 0.5) is 0 Å². The second-order valence-electron chi connectivity index (χ2n) is 2.90. The second-order valence-corrected chi connectivity index (χ2v) is 2.90. The minimum absolute atomic E-state index is 0.207. The molecule has 2 heteroatoms. The van der Waals surface area contributed by atoms with Gasteiger partial charge in [0.15, 0.2) is 0 Å². The zero-order chi connectivity index (χ0) is 8.85. The standard InChI is InChI=1S/C9H16O2/c1-5-8(6-7(2)3)9(10)11-4/h5,7H,6H2,1-4H3. The van der Waals surface area contributed by atoms with Gasteiger partial charge in [-0.1, -0.05) is 19.9 Å². The minimum Gasteiger partial charge on any atom is -0.466 e. The summed E-state index contributed by atoms with van der Waals surface area (Å²) < 4.78 is 4.60. The van der Waals surface area contributed by atoms with Crippen molar-refractivity contribution in [1.82, 2.24) is 0 Å². The number of rotatable bonds is 3. The highest BCUT2D eigenvalue weighted by atomic mass is 16.5. The molecular formula is C9H16O2. The number of carbonyl (C=O) groups excluding carboxylic acids is 1. The smallest absolute Gasteiger partial charge is 0.333 e. The van der Waals surface area contributed by atoms with Crippen LogP contribution >= 0.6 is 0 Å². The van der Waals surface area contributed by atoms with E-state index >= 15 is 0 Å². The molecule has 0 spiro atoms. The second kappa shape index (κ2) is 4.94. The Hall–Kier alpha value is -0.790. The maximum absolute atomic E-state index is 11.0. The maximum Gasteiger partial charge on any atom is 0.333 e. The van der Waals surface area contributed by atoms with Crippen LogP contribution in [0, 0.1) is 5.92 Å². The van der Waals surface area contributed by atoms with Crippen molar-refractivity contribution in [1.29, 1.82) is 0 Å². The number of hydrogen-bond donors (Lipinski definition) is 0. The van der Waals surface area contributed by atoms with E-state index in [1.165, 1.54) is 7.11 Å². The van der Waals surface area contributed by atoms with Crippen LogP contribution in [0.3, 0.4) is 0 Å². The quantitative estimate of drug-likeness (QED) is 0.462. The molecule has 0 aliphatic rings. The van der Waals surface area contributed by atoms with E-state index in [1.54, 1.807) is 0 Å². The lowest BCUT2D eigenvalue weighted by Crippen LogP contribution is -2.06. The summed E-state index contributed by atoms with van der Waals surface area (Å²) >= 11 is 0. The van der Waals surface area contributed by atoms with E-state index < -0.39 is 0 Å². The van der Waals surface area contributed by atoms with E-state index in [0.717, 1.165) is 12.0 Å². The van der Waals surface area contributed by atoms with Crippen LogP contribution in [0.1, 0.15) is 27.2 Å². The van der Waals surface area contributed by atoms with Crippen LogP contribution in [0.5, 0.6) is 0 Å². The lowest BCUT2D eigenvalue weighted by Gasteiger charge is -2.06. The normalized spacial score (nSPS) is 11.9. The van der Waals surface area contributed by atoms with Gasteiger partial charge in [-0.3, -0.25) is 0 Å². The van der Waals surface area contributed by atoms with Crippen molar-refractivity contribution in [2.24, 2.45) is 5.92 Å². The third-order valence-corrected chi connectivity index (χ3v) is 1.42. The average Bonchev–Trinajstić information content (AvgIpc) is 1.98. The number of hydrogen-bond acceptors (Lipinski definition) is 2. The number of ether oxygens (including phenoxy) is 1. The van der Waals surface area contributed by atoms with Gasteiger partial charge >= 0.3 is 5.97 Å². The summed E-state index contributed by atoms with van der Waals surface area (Å²) in [5.41, 5.74) is 0.766. The summed E-state index contributed by atoms with van der Waals surface area (Å²) in [4.78, 5) is 11.0. The Balaban J connectivity index is 4.09. The molecule has 0 N–H and O–H groups in total. The number of carbonyl (C=O) groups is 1. The molecule has 0 aliphatic carbocycles. The van der Waals surface area contributed by atoms with Crippen molar-refractivity contribution in [3.8, 4) is 0 Å². The highest BCUT2D eigenvalue weighted by Gasteiger charge is 2.09. The summed E-state index contributed by atoms with van der Waals surface area (Å²) in [6, 6.07) is 0. The van der Waals surface area contributed by atoms with Gasteiger partial charge in [0.05, 0.1) is 7.11 Å². The van der Waals surface area contributed by atoms with Crippen molar-refractivity contribution in [2.75, 3.05) is 7.11 Å². The Morgan fingerprint density at radius 2 is 2.09 bits per heavy atom. The fraction of sp³-hybridized carbons (Fsp3) is 0.667. The first-order valence-electron chi connectivity index (χ1n) is 3.85. The highest BCUT2D eigenvalue weighted by molar-refractivity contribution is 5.88. The number of esters is 1. The van der Waals surface area contributed by atoms with Gasteiger partial charge in [-0.25, -0.2) is 4.79 Å². The summed E-state index contributed by atoms with van der Waals surface area (Å²) in [6.45, 7) is 6.01. The first-order chi connectivity index (χ1) is 5.11. The molecule has 0 amide bonds. The third-order valence-electron chi connectivity index (χ3n) is 1.42. The molecule has 11 heavy (non-hydrogen) atoms. The van der Waals surface area contributed by atoms with E-state index in [4.69, 9.17) is 0 Å². The summed E-state index contributed by atoms with van der Waals surface area (Å²) in [5, 5.41) is 0. The highest BCUT2D eigenvalue weighted by Crippen LogP contribution is 2.11. The summed E-state index contributed by atoms with van der Waals surface area (Å²) in [6.07, 6.45) is 2.61. The van der Waals surface area contributed by atoms with Gasteiger partial charge in [0.25, 0.3) is 0 Å². The van der Waals surface area contributed by atoms with Gasteiger partial charge in [0, 0.05) is 5.57 Å². The SMILES string of the molecule is CC=C(CC(C)C)C(=O)OC. The number of methoxy groups -OCH3 is 1. The molecule has 0 aliphatic heterocycles. The average molecular weight is 156 g/mol. The Labute approximate surface area is 68.2 Å². The van der Waals surface area contributed by atoms with Crippen molar-refractivity contribution < 1.29 is 9.53 Å². The summed E-state index contributed by atoms with van der Waals surface area (Å²) in [5.74, 6) is 0.293. The van der Waals surface area contributed by atoms with E-state index in [0.29, 0.717) is 5.92 Å². The molecule has 64 valence electrons. The molecule has 0 aromatic rings. The first-order valence-corrected chi connectivity index (χ1v) is 3.85. The molecule has 0 fully saturated rings. The summed E-state index contributed by atoms with van der Waals surface area (Å²) in [7, 11) is 1.41. The molecule has 0 aromatic heterocycles. The maximum atomic E-state index is 11.0. The fourth-order valence-electron chi connectivity index (χ4n) is 0.890. The fourth-order valence-corrected chi connectivity index (χ4v) is 0.890. The molecular weight excluding hydrogens is 140 g/mol. The predicted octanol–water partition coefficient (Wildman–Crippen LogP) is 2.15. The zero-order valence-corrected chi connectivity index (χ0v) is 7.68. The number of allylic oxidation sites excluding steroid dienone is 1. The molecule has 0 saturated carbocycles. The van der Waals surface area contributed by atoms with Crippen LogP contribution in [0.15, 0.2) is 11.6 Å². The van der Waals surface area contributed by atoms with Crippen molar-refractivity contribution >= 4 is 5.97 Å². The molecule has 0 rings (SSSR count). The Kier molecular flexibility index (Phi) is 4.59. The van der Waals surface area contributed by atoms with E-state index in [-0.39, 0.29) is 5.97 Å². The molecule has 0 saturated heterocycles. The van der Waals surface area contributed by atoms with Crippen molar-refractivity contribution in [3.05, 3.63) is 11.6 Å². The molecule has 2 nitrogen and oxygen atoms in total. The Morgan fingerprint density at radius 3 is 2.36 bits per heavy atom. The Bertz CT molecular complexity index is 157. The van der Waals surface area contributed by atoms with Crippen LogP contribution in [-0.2, 0) is 9.53 Å². The van der Waals surface area contributed by atoms with E-state index in [9.17, 15) is 4.79 Å². The van der Waals surface area contributed by atoms with Crippen LogP contribution < -0.4 is 0 Å². The van der Waals surface area contributed by atoms with Gasteiger partial charge < -0.3 is 4.74 Å². The monoisotopic (exact) mass is 156 g/mol. The van der Waals surface area contributed by atoms with Crippen molar-refractivity contribution in [2.45, 2.75) is 27.2 Å². The van der Waals surface area contributed by atoms with Gasteiger partial charge in [0.2, 0.25) is 0 Å². The van der Waals surface area contributed by atoms with Gasteiger partial charge in [0.1, 0.15) is 0 Å². The van der Waals surface area contributed by atoms with Gasteiger partial charge in [-0.2, -0.15) is 0 Å².